The molecule has 0 aliphatic rings. The summed E-state index contributed by atoms with van der Waals surface area (Å²) in [6.07, 6.45) is 0. The first-order chi connectivity index (χ1) is 5.49. The summed E-state index contributed by atoms with van der Waals surface area (Å²) in [4.78, 5) is 24.8. The van der Waals surface area contributed by atoms with E-state index in [4.69, 9.17) is 0 Å². The summed E-state index contributed by atoms with van der Waals surface area (Å²) in [6, 6.07) is 0. The highest BCUT2D eigenvalue weighted by molar-refractivity contribution is 5.75. The lowest BCUT2D eigenvalue weighted by Crippen LogP contribution is -2.40. The van der Waals surface area contributed by atoms with Crippen LogP contribution in [0.15, 0.2) is 0 Å². The van der Waals surface area contributed by atoms with Crippen molar-refractivity contribution in [3.8, 4) is 0 Å². The summed E-state index contributed by atoms with van der Waals surface area (Å²) in [5.74, 6) is -0.0414. The Morgan fingerprint density at radius 2 is 1.67 bits per heavy atom. The largest absolute Gasteiger partial charge is 0.328 e. The molecule has 2 amide bonds. The summed E-state index contributed by atoms with van der Waals surface area (Å²) in [5, 5.41) is 0. The van der Waals surface area contributed by atoms with Crippen LogP contribution in [0, 0.1) is 0 Å². The molecule has 0 spiro atoms. The van der Waals surface area contributed by atoms with Gasteiger partial charge in [-0.2, -0.15) is 0 Å². The first-order valence-electron chi connectivity index (χ1n) is 3.96. The van der Waals surface area contributed by atoms with Crippen LogP contribution in [-0.4, -0.2) is 41.9 Å². The molecule has 0 rings (SSSR count). The summed E-state index contributed by atoms with van der Waals surface area (Å²) in [6.45, 7) is 5.87. The van der Waals surface area contributed by atoms with Crippen molar-refractivity contribution in [1.82, 2.24) is 9.80 Å². The van der Waals surface area contributed by atoms with Crippen LogP contribution in [-0.2, 0) is 9.59 Å². The fourth-order valence-electron chi connectivity index (χ4n) is 0.778. The van der Waals surface area contributed by atoms with Crippen molar-refractivity contribution in [3.05, 3.63) is 0 Å². The number of hydrogen-bond acceptors (Lipinski definition) is 2. The second kappa shape index (κ2) is 4.74. The zero-order valence-corrected chi connectivity index (χ0v) is 8.13. The molecule has 0 aromatic carbocycles. The Labute approximate surface area is 73.1 Å². The van der Waals surface area contributed by atoms with Crippen LogP contribution in [0.3, 0.4) is 0 Å². The third kappa shape index (κ3) is 3.37. The van der Waals surface area contributed by atoms with Gasteiger partial charge in [0, 0.05) is 27.4 Å². The molecule has 0 aromatic heterocycles. The van der Waals surface area contributed by atoms with Gasteiger partial charge in [-0.3, -0.25) is 9.59 Å². The lowest BCUT2D eigenvalue weighted by atomic mass is 10.5. The molecule has 0 aliphatic carbocycles. The van der Waals surface area contributed by atoms with E-state index in [0.29, 0.717) is 13.2 Å². The van der Waals surface area contributed by atoms with Gasteiger partial charge in [0.1, 0.15) is 0 Å². The smallest absolute Gasteiger partial charge is 0.220 e. The van der Waals surface area contributed by atoms with Crippen LogP contribution >= 0.6 is 0 Å². The standard InChI is InChI=1S/C8H16N2O2/c1-5-10(8(3)12)6-9(4)7(2)11/h5-6H2,1-4H3. The monoisotopic (exact) mass is 172 g/mol. The number of amides is 2. The molecule has 0 unspecified atom stereocenters. The van der Waals surface area contributed by atoms with E-state index in [0.717, 1.165) is 0 Å². The molecular formula is C8H16N2O2. The number of rotatable bonds is 3. The van der Waals surface area contributed by atoms with Gasteiger partial charge in [-0.05, 0) is 6.92 Å². The van der Waals surface area contributed by atoms with E-state index < -0.39 is 0 Å². The molecule has 4 nitrogen and oxygen atoms in total. The van der Waals surface area contributed by atoms with Gasteiger partial charge in [0.15, 0.2) is 0 Å². The molecule has 12 heavy (non-hydrogen) atoms. The minimum Gasteiger partial charge on any atom is -0.328 e. The van der Waals surface area contributed by atoms with Gasteiger partial charge < -0.3 is 9.80 Å². The Morgan fingerprint density at radius 3 is 1.92 bits per heavy atom. The Hall–Kier alpha value is -1.06. The molecule has 0 fully saturated rings. The summed E-state index contributed by atoms with van der Waals surface area (Å²) < 4.78 is 0. The van der Waals surface area contributed by atoms with Crippen LogP contribution in [0.2, 0.25) is 0 Å². The van der Waals surface area contributed by atoms with Crippen molar-refractivity contribution in [1.29, 1.82) is 0 Å². The minimum absolute atomic E-state index is 0.00870. The Bertz CT molecular complexity index is 180. The van der Waals surface area contributed by atoms with Gasteiger partial charge in [0.25, 0.3) is 0 Å². The van der Waals surface area contributed by atoms with Crippen molar-refractivity contribution in [2.45, 2.75) is 20.8 Å². The highest BCUT2D eigenvalue weighted by Crippen LogP contribution is 1.92. The first-order valence-corrected chi connectivity index (χ1v) is 3.96. The molecule has 0 atom stereocenters. The zero-order chi connectivity index (χ0) is 9.72. The van der Waals surface area contributed by atoms with E-state index in [-0.39, 0.29) is 11.8 Å². The maximum Gasteiger partial charge on any atom is 0.220 e. The second-order valence-electron chi connectivity index (χ2n) is 2.73. The van der Waals surface area contributed by atoms with Gasteiger partial charge in [0.05, 0.1) is 6.67 Å². The predicted octanol–water partition coefficient (Wildman–Crippen LogP) is 0.291. The molecule has 4 heteroatoms. The molecule has 0 aromatic rings. The average Bonchev–Trinajstić information content (AvgIpc) is 1.98. The van der Waals surface area contributed by atoms with Crippen LogP contribution in [0.5, 0.6) is 0 Å². The van der Waals surface area contributed by atoms with Crippen molar-refractivity contribution in [3.63, 3.8) is 0 Å². The minimum atomic E-state index is -0.0327. The Balaban J connectivity index is 4.02. The normalized spacial score (nSPS) is 9.33. The lowest BCUT2D eigenvalue weighted by molar-refractivity contribution is -0.135. The highest BCUT2D eigenvalue weighted by atomic mass is 16.2. The first kappa shape index (κ1) is 10.9. The SMILES string of the molecule is CCN(CN(C)C(C)=O)C(C)=O. The van der Waals surface area contributed by atoms with Gasteiger partial charge in [-0.15, -0.1) is 0 Å². The third-order valence-electron chi connectivity index (χ3n) is 1.75. The molecule has 0 saturated carbocycles. The van der Waals surface area contributed by atoms with Crippen LogP contribution in [0.4, 0.5) is 0 Å². The fourth-order valence-corrected chi connectivity index (χ4v) is 0.778. The van der Waals surface area contributed by atoms with E-state index in [9.17, 15) is 9.59 Å². The molecule has 0 N–H and O–H groups in total. The molecular weight excluding hydrogens is 156 g/mol. The highest BCUT2D eigenvalue weighted by Gasteiger charge is 2.09. The van der Waals surface area contributed by atoms with Crippen molar-refractivity contribution in [2.24, 2.45) is 0 Å². The molecule has 0 radical (unpaired) electrons. The number of carbonyl (C=O) groups excluding carboxylic acids is 2. The van der Waals surface area contributed by atoms with Gasteiger partial charge in [0.2, 0.25) is 11.8 Å². The van der Waals surface area contributed by atoms with E-state index >= 15 is 0 Å². The van der Waals surface area contributed by atoms with Crippen LogP contribution in [0.1, 0.15) is 20.8 Å². The van der Waals surface area contributed by atoms with Gasteiger partial charge >= 0.3 is 0 Å². The van der Waals surface area contributed by atoms with E-state index in [1.807, 2.05) is 6.92 Å². The maximum absolute atomic E-state index is 10.9. The van der Waals surface area contributed by atoms with E-state index in [1.165, 1.54) is 18.7 Å². The number of nitrogens with zero attached hydrogens (tertiary/aromatic N) is 2. The van der Waals surface area contributed by atoms with Crippen LogP contribution < -0.4 is 0 Å². The fraction of sp³-hybridized carbons (Fsp3) is 0.750. The number of hydrogen-bond donors (Lipinski definition) is 0. The second-order valence-corrected chi connectivity index (χ2v) is 2.73. The number of carbonyl (C=O) groups is 2. The quantitative estimate of drug-likeness (QED) is 0.574. The molecule has 70 valence electrons. The third-order valence-corrected chi connectivity index (χ3v) is 1.75. The van der Waals surface area contributed by atoms with Crippen molar-refractivity contribution in [2.75, 3.05) is 20.3 Å². The molecule has 0 bridgehead atoms. The van der Waals surface area contributed by atoms with E-state index in [1.54, 1.807) is 11.9 Å². The van der Waals surface area contributed by atoms with Crippen LogP contribution in [0.25, 0.3) is 0 Å². The average molecular weight is 172 g/mol. The van der Waals surface area contributed by atoms with Gasteiger partial charge in [-0.25, -0.2) is 0 Å². The lowest BCUT2D eigenvalue weighted by Gasteiger charge is -2.25. The van der Waals surface area contributed by atoms with Gasteiger partial charge in [-0.1, -0.05) is 0 Å². The predicted molar refractivity (Wildman–Crippen MR) is 46.4 cm³/mol. The Kier molecular flexibility index (Phi) is 4.33. The topological polar surface area (TPSA) is 40.6 Å². The molecule has 0 saturated heterocycles. The van der Waals surface area contributed by atoms with Crippen molar-refractivity contribution < 1.29 is 9.59 Å². The van der Waals surface area contributed by atoms with E-state index in [2.05, 4.69) is 0 Å². The molecule has 0 heterocycles. The summed E-state index contributed by atoms with van der Waals surface area (Å²) in [7, 11) is 1.67. The summed E-state index contributed by atoms with van der Waals surface area (Å²) >= 11 is 0. The maximum atomic E-state index is 10.9. The Morgan fingerprint density at radius 1 is 1.17 bits per heavy atom. The summed E-state index contributed by atoms with van der Waals surface area (Å²) in [5.41, 5.74) is 0. The molecule has 0 aliphatic heterocycles. The van der Waals surface area contributed by atoms with Crippen molar-refractivity contribution >= 4 is 11.8 Å². The zero-order valence-electron chi connectivity index (χ0n) is 8.13.